The Morgan fingerprint density at radius 2 is 2.05 bits per heavy atom. The Morgan fingerprint density at radius 3 is 2.95 bits per heavy atom. The molecule has 0 amide bonds. The molecule has 0 radical (unpaired) electrons. The number of rotatable bonds is 1. The SMILES string of the molecule is Cc1ccc(F)cc1-c1ccc2c(c1)CC1CCNCCN21. The molecule has 0 aromatic heterocycles. The molecule has 2 heterocycles. The van der Waals surface area contributed by atoms with Gasteiger partial charge in [-0.1, -0.05) is 12.1 Å². The minimum Gasteiger partial charge on any atom is -0.367 e. The number of benzene rings is 2. The van der Waals surface area contributed by atoms with Crippen LogP contribution in [0.4, 0.5) is 10.1 Å². The number of fused-ring (bicyclic) bond motifs is 3. The van der Waals surface area contributed by atoms with Crippen LogP contribution in [0.1, 0.15) is 17.5 Å². The van der Waals surface area contributed by atoms with Crippen LogP contribution < -0.4 is 10.2 Å². The smallest absolute Gasteiger partial charge is 0.123 e. The van der Waals surface area contributed by atoms with Crippen LogP contribution in [0.15, 0.2) is 36.4 Å². The van der Waals surface area contributed by atoms with Crippen LogP contribution >= 0.6 is 0 Å². The number of aryl methyl sites for hydroxylation is 1. The Morgan fingerprint density at radius 1 is 1.14 bits per heavy atom. The molecule has 0 spiro atoms. The van der Waals surface area contributed by atoms with Gasteiger partial charge in [-0.3, -0.25) is 0 Å². The Labute approximate surface area is 131 Å². The van der Waals surface area contributed by atoms with Gasteiger partial charge in [-0.2, -0.15) is 0 Å². The number of halogens is 1. The molecule has 1 N–H and O–H groups in total. The van der Waals surface area contributed by atoms with E-state index in [0.717, 1.165) is 42.7 Å². The average molecular weight is 296 g/mol. The highest BCUT2D eigenvalue weighted by Gasteiger charge is 2.30. The molecule has 1 atom stereocenters. The highest BCUT2D eigenvalue weighted by Crippen LogP contribution is 2.37. The van der Waals surface area contributed by atoms with Crippen molar-refractivity contribution < 1.29 is 4.39 Å². The highest BCUT2D eigenvalue weighted by molar-refractivity contribution is 5.73. The quantitative estimate of drug-likeness (QED) is 0.866. The molecule has 1 unspecified atom stereocenters. The molecule has 114 valence electrons. The minimum absolute atomic E-state index is 0.166. The third kappa shape index (κ3) is 2.30. The van der Waals surface area contributed by atoms with Crippen LogP contribution in [0.25, 0.3) is 11.1 Å². The molecule has 0 aliphatic carbocycles. The lowest BCUT2D eigenvalue weighted by Crippen LogP contribution is -2.32. The zero-order chi connectivity index (χ0) is 15.1. The standard InChI is InChI=1S/C19H21FN2/c1-13-2-4-16(20)12-18(13)14-3-5-19-15(10-14)11-17-6-7-21-8-9-22(17)19/h2-5,10,12,17,21H,6-9,11H2,1H3. The van der Waals surface area contributed by atoms with Gasteiger partial charge in [0.25, 0.3) is 0 Å². The van der Waals surface area contributed by atoms with Crippen molar-refractivity contribution in [3.63, 3.8) is 0 Å². The van der Waals surface area contributed by atoms with E-state index in [1.54, 1.807) is 6.07 Å². The van der Waals surface area contributed by atoms with E-state index in [0.29, 0.717) is 6.04 Å². The third-order valence-electron chi connectivity index (χ3n) is 4.98. The van der Waals surface area contributed by atoms with Gasteiger partial charge < -0.3 is 10.2 Å². The predicted molar refractivity (Wildman–Crippen MR) is 88.9 cm³/mol. The van der Waals surface area contributed by atoms with Crippen LogP contribution in [0.2, 0.25) is 0 Å². The molecule has 2 aromatic carbocycles. The second-order valence-electron chi connectivity index (χ2n) is 6.39. The maximum atomic E-state index is 13.6. The molecule has 2 nitrogen and oxygen atoms in total. The van der Waals surface area contributed by atoms with E-state index in [1.165, 1.54) is 23.7 Å². The first-order valence-electron chi connectivity index (χ1n) is 8.09. The first-order chi connectivity index (χ1) is 10.7. The maximum Gasteiger partial charge on any atom is 0.123 e. The molecule has 3 heteroatoms. The second kappa shape index (κ2) is 5.40. The second-order valence-corrected chi connectivity index (χ2v) is 6.39. The predicted octanol–water partition coefficient (Wildman–Crippen LogP) is 3.53. The summed E-state index contributed by atoms with van der Waals surface area (Å²) in [7, 11) is 0. The van der Waals surface area contributed by atoms with E-state index in [1.807, 2.05) is 13.0 Å². The van der Waals surface area contributed by atoms with E-state index in [4.69, 9.17) is 0 Å². The fourth-order valence-corrected chi connectivity index (χ4v) is 3.82. The largest absolute Gasteiger partial charge is 0.367 e. The lowest BCUT2D eigenvalue weighted by atomic mass is 9.97. The molecule has 4 rings (SSSR count). The van der Waals surface area contributed by atoms with E-state index in [9.17, 15) is 4.39 Å². The summed E-state index contributed by atoms with van der Waals surface area (Å²) < 4.78 is 13.6. The molecule has 22 heavy (non-hydrogen) atoms. The van der Waals surface area contributed by atoms with Gasteiger partial charge in [0.1, 0.15) is 5.82 Å². The zero-order valence-corrected chi connectivity index (χ0v) is 12.9. The van der Waals surface area contributed by atoms with Gasteiger partial charge in [0.15, 0.2) is 0 Å². The molecule has 1 saturated heterocycles. The summed E-state index contributed by atoms with van der Waals surface area (Å²) in [5, 5.41) is 3.47. The lowest BCUT2D eigenvalue weighted by molar-refractivity contribution is 0.612. The van der Waals surface area contributed by atoms with Gasteiger partial charge in [-0.05, 0) is 72.8 Å². The van der Waals surface area contributed by atoms with E-state index in [2.05, 4.69) is 28.4 Å². The topological polar surface area (TPSA) is 15.3 Å². The van der Waals surface area contributed by atoms with Crippen molar-refractivity contribution in [3.8, 4) is 11.1 Å². The monoisotopic (exact) mass is 296 g/mol. The minimum atomic E-state index is -0.166. The van der Waals surface area contributed by atoms with Gasteiger partial charge in [0, 0.05) is 24.8 Å². The lowest BCUT2D eigenvalue weighted by Gasteiger charge is -2.24. The van der Waals surface area contributed by atoms with E-state index >= 15 is 0 Å². The Kier molecular flexibility index (Phi) is 3.38. The molecule has 1 fully saturated rings. The number of hydrogen-bond acceptors (Lipinski definition) is 2. The van der Waals surface area contributed by atoms with Crippen molar-refractivity contribution in [3.05, 3.63) is 53.3 Å². The van der Waals surface area contributed by atoms with Crippen molar-refractivity contribution >= 4 is 5.69 Å². The van der Waals surface area contributed by atoms with Crippen LogP contribution in [-0.2, 0) is 6.42 Å². The van der Waals surface area contributed by atoms with Gasteiger partial charge in [0.05, 0.1) is 0 Å². The summed E-state index contributed by atoms with van der Waals surface area (Å²) >= 11 is 0. The average Bonchev–Trinajstić information content (AvgIpc) is 2.70. The summed E-state index contributed by atoms with van der Waals surface area (Å²) in [5.74, 6) is -0.166. The zero-order valence-electron chi connectivity index (χ0n) is 12.9. The van der Waals surface area contributed by atoms with Crippen molar-refractivity contribution in [1.82, 2.24) is 5.32 Å². The Hall–Kier alpha value is -1.87. The molecule has 2 aromatic rings. The van der Waals surface area contributed by atoms with Crippen molar-refractivity contribution in [1.29, 1.82) is 0 Å². The van der Waals surface area contributed by atoms with Crippen LogP contribution in [-0.4, -0.2) is 25.7 Å². The molecule has 0 bridgehead atoms. The molecular formula is C19H21FN2. The summed E-state index contributed by atoms with van der Waals surface area (Å²) in [6, 6.07) is 12.3. The van der Waals surface area contributed by atoms with Crippen molar-refractivity contribution in [2.75, 3.05) is 24.5 Å². The summed E-state index contributed by atoms with van der Waals surface area (Å²) in [6.45, 7) is 5.28. The molecule has 0 saturated carbocycles. The normalized spacial score (nSPS) is 20.5. The van der Waals surface area contributed by atoms with Crippen molar-refractivity contribution in [2.45, 2.75) is 25.8 Å². The van der Waals surface area contributed by atoms with E-state index in [-0.39, 0.29) is 5.82 Å². The summed E-state index contributed by atoms with van der Waals surface area (Å²) in [6.07, 6.45) is 2.31. The van der Waals surface area contributed by atoms with Crippen LogP contribution in [0.5, 0.6) is 0 Å². The third-order valence-corrected chi connectivity index (χ3v) is 4.98. The number of nitrogens with one attached hydrogen (secondary N) is 1. The Balaban J connectivity index is 1.73. The fourth-order valence-electron chi connectivity index (χ4n) is 3.82. The first-order valence-corrected chi connectivity index (χ1v) is 8.09. The fraction of sp³-hybridized carbons (Fsp3) is 0.368. The summed E-state index contributed by atoms with van der Waals surface area (Å²) in [5.41, 5.74) is 6.04. The van der Waals surface area contributed by atoms with Crippen LogP contribution in [0.3, 0.4) is 0 Å². The van der Waals surface area contributed by atoms with E-state index < -0.39 is 0 Å². The number of hydrogen-bond donors (Lipinski definition) is 1. The highest BCUT2D eigenvalue weighted by atomic mass is 19.1. The first kappa shape index (κ1) is 13.8. The Bertz CT molecular complexity index is 711. The van der Waals surface area contributed by atoms with Gasteiger partial charge >= 0.3 is 0 Å². The van der Waals surface area contributed by atoms with Crippen molar-refractivity contribution in [2.24, 2.45) is 0 Å². The van der Waals surface area contributed by atoms with Crippen LogP contribution in [0, 0.1) is 12.7 Å². The number of anilines is 1. The maximum absolute atomic E-state index is 13.6. The number of nitrogens with zero attached hydrogens (tertiary/aromatic N) is 1. The van der Waals surface area contributed by atoms with Gasteiger partial charge in [-0.15, -0.1) is 0 Å². The molecule has 2 aliphatic heterocycles. The van der Waals surface area contributed by atoms with Gasteiger partial charge in [-0.25, -0.2) is 4.39 Å². The molecule has 2 aliphatic rings. The van der Waals surface area contributed by atoms with Gasteiger partial charge in [0.2, 0.25) is 0 Å². The molecular weight excluding hydrogens is 275 g/mol. The summed E-state index contributed by atoms with van der Waals surface area (Å²) in [4.78, 5) is 2.54.